The molecule has 0 spiro atoms. The number of aliphatic hydroxyl groups excluding tert-OH is 1. The Bertz CT molecular complexity index is 885. The van der Waals surface area contributed by atoms with Crippen molar-refractivity contribution in [2.75, 3.05) is 0 Å². The summed E-state index contributed by atoms with van der Waals surface area (Å²) in [6.07, 6.45) is 5.75. The average molecular weight is 361 g/mol. The molecule has 0 bridgehead atoms. The molecule has 0 radical (unpaired) electrons. The van der Waals surface area contributed by atoms with Crippen molar-refractivity contribution in [1.29, 1.82) is 5.26 Å². The molecule has 0 unspecified atom stereocenters. The van der Waals surface area contributed by atoms with Gasteiger partial charge >= 0.3 is 5.69 Å². The number of rotatable bonds is 10. The van der Waals surface area contributed by atoms with Crippen molar-refractivity contribution in [3.63, 3.8) is 0 Å². The number of aryl methyl sites for hydroxylation is 3. The summed E-state index contributed by atoms with van der Waals surface area (Å²) in [7, 11) is 1.79. The van der Waals surface area contributed by atoms with Gasteiger partial charge in [-0.05, 0) is 32.6 Å². The number of nitriles is 1. The number of hydrogen-bond donors (Lipinski definition) is 2. The molecule has 2 aromatic heterocycles. The van der Waals surface area contributed by atoms with Gasteiger partial charge in [0, 0.05) is 26.4 Å². The molecular formula is C18H27N5O3. The Morgan fingerprint density at radius 1 is 1.23 bits per heavy atom. The molecule has 142 valence electrons. The zero-order valence-electron chi connectivity index (χ0n) is 15.5. The molecule has 0 saturated heterocycles. The Labute approximate surface area is 152 Å². The molecule has 0 aromatic carbocycles. The molecule has 8 heteroatoms. The SMILES string of the molecule is C[C@@H](O)CCCCc1nc2c(c(=O)[nH]c(=O)n2CCCCCC#N)n1C. The minimum absolute atomic E-state index is 0.315. The summed E-state index contributed by atoms with van der Waals surface area (Å²) in [6, 6.07) is 2.11. The van der Waals surface area contributed by atoms with Gasteiger partial charge in [-0.3, -0.25) is 14.3 Å². The third-order valence-corrected chi connectivity index (χ3v) is 4.55. The minimum Gasteiger partial charge on any atom is -0.393 e. The van der Waals surface area contributed by atoms with E-state index in [2.05, 4.69) is 16.0 Å². The number of aromatic nitrogens is 4. The van der Waals surface area contributed by atoms with E-state index in [0.29, 0.717) is 30.6 Å². The lowest BCUT2D eigenvalue weighted by molar-refractivity contribution is 0.180. The van der Waals surface area contributed by atoms with Gasteiger partial charge in [-0.25, -0.2) is 9.78 Å². The van der Waals surface area contributed by atoms with Crippen molar-refractivity contribution in [1.82, 2.24) is 19.1 Å². The highest BCUT2D eigenvalue weighted by Gasteiger charge is 2.16. The first-order valence-electron chi connectivity index (χ1n) is 9.19. The molecule has 1 atom stereocenters. The molecule has 2 heterocycles. The Morgan fingerprint density at radius 3 is 2.69 bits per heavy atom. The predicted octanol–water partition coefficient (Wildman–Crippen LogP) is 1.60. The van der Waals surface area contributed by atoms with Crippen LogP contribution in [0.25, 0.3) is 11.2 Å². The summed E-state index contributed by atoms with van der Waals surface area (Å²) in [6.45, 7) is 2.24. The van der Waals surface area contributed by atoms with Crippen LogP contribution in [0.4, 0.5) is 0 Å². The van der Waals surface area contributed by atoms with Gasteiger partial charge in [0.2, 0.25) is 0 Å². The Kier molecular flexibility index (Phi) is 7.16. The first kappa shape index (κ1) is 19.9. The zero-order valence-corrected chi connectivity index (χ0v) is 15.5. The van der Waals surface area contributed by atoms with Crippen LogP contribution in [0.2, 0.25) is 0 Å². The monoisotopic (exact) mass is 361 g/mol. The predicted molar refractivity (Wildman–Crippen MR) is 98.9 cm³/mol. The maximum atomic E-state index is 12.2. The lowest BCUT2D eigenvalue weighted by Gasteiger charge is -2.05. The summed E-state index contributed by atoms with van der Waals surface area (Å²) >= 11 is 0. The number of nitrogens with zero attached hydrogens (tertiary/aromatic N) is 4. The molecular weight excluding hydrogens is 334 g/mol. The van der Waals surface area contributed by atoms with E-state index in [9.17, 15) is 14.7 Å². The standard InChI is InChI=1S/C18H27N5O3/c1-13(24)9-5-6-10-14-20-16-15(22(14)2)17(25)21-18(26)23(16)12-8-4-3-7-11-19/h13,24H,3-10,12H2,1-2H3,(H,21,25,26)/t13-/m1/s1. The van der Waals surface area contributed by atoms with Crippen molar-refractivity contribution in [3.8, 4) is 6.07 Å². The van der Waals surface area contributed by atoms with E-state index < -0.39 is 11.2 Å². The highest BCUT2D eigenvalue weighted by atomic mass is 16.3. The smallest absolute Gasteiger partial charge is 0.330 e. The Balaban J connectivity index is 2.21. The Morgan fingerprint density at radius 2 is 2.00 bits per heavy atom. The molecule has 2 aromatic rings. The normalized spacial score (nSPS) is 12.4. The van der Waals surface area contributed by atoms with Crippen LogP contribution in [0.3, 0.4) is 0 Å². The molecule has 0 saturated carbocycles. The fourth-order valence-corrected chi connectivity index (χ4v) is 3.10. The topological polar surface area (TPSA) is 117 Å². The van der Waals surface area contributed by atoms with Crippen LogP contribution >= 0.6 is 0 Å². The van der Waals surface area contributed by atoms with E-state index in [1.54, 1.807) is 18.5 Å². The Hall–Kier alpha value is -2.40. The van der Waals surface area contributed by atoms with Crippen molar-refractivity contribution >= 4 is 11.2 Å². The molecule has 0 amide bonds. The van der Waals surface area contributed by atoms with E-state index >= 15 is 0 Å². The molecule has 2 N–H and O–H groups in total. The van der Waals surface area contributed by atoms with E-state index in [-0.39, 0.29) is 6.10 Å². The van der Waals surface area contributed by atoms with E-state index in [1.165, 1.54) is 4.57 Å². The van der Waals surface area contributed by atoms with Crippen LogP contribution in [0.15, 0.2) is 9.59 Å². The second-order valence-electron chi connectivity index (χ2n) is 6.73. The fourth-order valence-electron chi connectivity index (χ4n) is 3.10. The van der Waals surface area contributed by atoms with Crippen LogP contribution in [-0.4, -0.2) is 30.3 Å². The summed E-state index contributed by atoms with van der Waals surface area (Å²) < 4.78 is 3.27. The number of H-pyrrole nitrogens is 1. The number of aliphatic hydroxyl groups is 1. The van der Waals surface area contributed by atoms with Crippen molar-refractivity contribution < 1.29 is 5.11 Å². The van der Waals surface area contributed by atoms with E-state index in [4.69, 9.17) is 5.26 Å². The van der Waals surface area contributed by atoms with Gasteiger partial charge in [0.05, 0.1) is 12.2 Å². The van der Waals surface area contributed by atoms with Gasteiger partial charge in [0.15, 0.2) is 11.2 Å². The summed E-state index contributed by atoms with van der Waals surface area (Å²) in [5.41, 5.74) is -0.0308. The number of aromatic amines is 1. The minimum atomic E-state index is -0.443. The van der Waals surface area contributed by atoms with Crippen LogP contribution in [0, 0.1) is 11.3 Å². The molecule has 0 fully saturated rings. The third-order valence-electron chi connectivity index (χ3n) is 4.55. The maximum absolute atomic E-state index is 12.2. The zero-order chi connectivity index (χ0) is 19.1. The highest BCUT2D eigenvalue weighted by Crippen LogP contribution is 2.13. The number of fused-ring (bicyclic) bond motifs is 1. The lowest BCUT2D eigenvalue weighted by Crippen LogP contribution is -2.31. The molecule has 0 aliphatic rings. The van der Waals surface area contributed by atoms with Gasteiger partial charge < -0.3 is 9.67 Å². The number of imidazole rings is 1. The van der Waals surface area contributed by atoms with E-state index in [1.807, 2.05) is 0 Å². The lowest BCUT2D eigenvalue weighted by atomic mass is 10.1. The second-order valence-corrected chi connectivity index (χ2v) is 6.73. The van der Waals surface area contributed by atoms with Crippen molar-refractivity contribution in [2.24, 2.45) is 7.05 Å². The van der Waals surface area contributed by atoms with Crippen LogP contribution < -0.4 is 11.2 Å². The first-order chi connectivity index (χ1) is 12.5. The molecule has 8 nitrogen and oxygen atoms in total. The second kappa shape index (κ2) is 9.34. The van der Waals surface area contributed by atoms with E-state index in [0.717, 1.165) is 44.3 Å². The quantitative estimate of drug-likeness (QED) is 0.623. The van der Waals surface area contributed by atoms with Gasteiger partial charge in [0.1, 0.15) is 5.82 Å². The molecule has 2 rings (SSSR count). The largest absolute Gasteiger partial charge is 0.393 e. The molecule has 0 aliphatic carbocycles. The van der Waals surface area contributed by atoms with Gasteiger partial charge in [-0.15, -0.1) is 0 Å². The summed E-state index contributed by atoms with van der Waals surface area (Å²) in [4.78, 5) is 31.4. The van der Waals surface area contributed by atoms with Gasteiger partial charge in [-0.2, -0.15) is 5.26 Å². The molecule has 0 aliphatic heterocycles. The van der Waals surface area contributed by atoms with Crippen molar-refractivity contribution in [3.05, 3.63) is 26.7 Å². The number of hydrogen-bond acceptors (Lipinski definition) is 5. The summed E-state index contributed by atoms with van der Waals surface area (Å²) in [5.74, 6) is 0.764. The maximum Gasteiger partial charge on any atom is 0.330 e. The average Bonchev–Trinajstić information content (AvgIpc) is 2.91. The highest BCUT2D eigenvalue weighted by molar-refractivity contribution is 5.70. The van der Waals surface area contributed by atoms with Crippen molar-refractivity contribution in [2.45, 2.75) is 70.9 Å². The van der Waals surface area contributed by atoms with Gasteiger partial charge in [-0.1, -0.05) is 12.8 Å². The first-order valence-corrected chi connectivity index (χ1v) is 9.19. The van der Waals surface area contributed by atoms with Gasteiger partial charge in [0.25, 0.3) is 5.56 Å². The van der Waals surface area contributed by atoms with Crippen LogP contribution in [0.1, 0.15) is 57.7 Å². The fraction of sp³-hybridized carbons (Fsp3) is 0.667. The number of unbranched alkanes of at least 4 members (excludes halogenated alkanes) is 4. The summed E-state index contributed by atoms with van der Waals surface area (Å²) in [5, 5.41) is 17.9. The third kappa shape index (κ3) is 4.82. The number of nitrogens with one attached hydrogen (secondary N) is 1. The van der Waals surface area contributed by atoms with Crippen LogP contribution in [0.5, 0.6) is 0 Å². The van der Waals surface area contributed by atoms with Crippen LogP contribution in [-0.2, 0) is 20.0 Å². The molecule has 26 heavy (non-hydrogen) atoms.